The first-order valence-corrected chi connectivity index (χ1v) is 15.8. The highest BCUT2D eigenvalue weighted by molar-refractivity contribution is 6.47. The van der Waals surface area contributed by atoms with Gasteiger partial charge in [0.2, 0.25) is 0 Å². The minimum atomic E-state index is -0.903. The highest BCUT2D eigenvalue weighted by Gasteiger charge is 2.42. The van der Waals surface area contributed by atoms with Gasteiger partial charge in [0.05, 0.1) is 11.2 Å². The number of hydrogen-bond donors (Lipinski definition) is 1. The maximum absolute atomic E-state index is 10.6. The summed E-state index contributed by atoms with van der Waals surface area (Å²) in [6.07, 6.45) is 18.5. The maximum Gasteiger partial charge on any atom is 0.309 e. The normalized spacial score (nSPS) is 14.4. The van der Waals surface area contributed by atoms with E-state index in [9.17, 15) is 5.11 Å². The maximum atomic E-state index is 10.6. The van der Waals surface area contributed by atoms with Crippen LogP contribution in [-0.4, -0.2) is 23.8 Å². The van der Waals surface area contributed by atoms with E-state index in [0.717, 1.165) is 0 Å². The van der Waals surface area contributed by atoms with Crippen molar-refractivity contribution in [2.24, 2.45) is 0 Å². The third kappa shape index (κ3) is 7.54. The summed E-state index contributed by atoms with van der Waals surface area (Å²) < 4.78 is 6.31. The molecule has 0 fully saturated rings. The summed E-state index contributed by atoms with van der Waals surface area (Å²) >= 11 is 0. The van der Waals surface area contributed by atoms with Crippen LogP contribution in [0.5, 0.6) is 0 Å². The number of benzene rings is 2. The van der Waals surface area contributed by atoms with Crippen LogP contribution in [0.4, 0.5) is 0 Å². The van der Waals surface area contributed by atoms with Gasteiger partial charge in [-0.2, -0.15) is 0 Å². The van der Waals surface area contributed by atoms with Gasteiger partial charge in [0.15, 0.2) is 0 Å². The summed E-state index contributed by atoms with van der Waals surface area (Å²) in [6, 6.07) is 16.2. The zero-order valence-corrected chi connectivity index (χ0v) is 25.5. The van der Waals surface area contributed by atoms with Crippen LogP contribution in [0.25, 0.3) is 11.1 Å². The third-order valence-corrected chi connectivity index (χ3v) is 9.32. The SMILES string of the molecule is CCCCCCCCC1(CCCCCCCC)c2ccccc2-c2ccc(BOC(C)(C)C(C)(C)O)cc21. The van der Waals surface area contributed by atoms with E-state index in [1.54, 1.807) is 5.56 Å². The van der Waals surface area contributed by atoms with Crippen LogP contribution in [0.2, 0.25) is 0 Å². The first-order chi connectivity index (χ1) is 18.2. The molecule has 1 N–H and O–H groups in total. The molecule has 38 heavy (non-hydrogen) atoms. The minimum absolute atomic E-state index is 0.100. The highest BCUT2D eigenvalue weighted by atomic mass is 16.5. The second-order valence-electron chi connectivity index (χ2n) is 12.9. The highest BCUT2D eigenvalue weighted by Crippen LogP contribution is 2.53. The Hall–Kier alpha value is -1.58. The van der Waals surface area contributed by atoms with Gasteiger partial charge in [-0.15, -0.1) is 0 Å². The summed E-state index contributed by atoms with van der Waals surface area (Å²) in [5, 5.41) is 10.6. The van der Waals surface area contributed by atoms with E-state index in [1.165, 1.54) is 112 Å². The molecule has 2 aromatic rings. The molecule has 0 bridgehead atoms. The van der Waals surface area contributed by atoms with Crippen molar-refractivity contribution >= 4 is 12.9 Å². The molecule has 3 heteroatoms. The number of unbranched alkanes of at least 4 members (excludes halogenated alkanes) is 10. The molecule has 1 aliphatic carbocycles. The van der Waals surface area contributed by atoms with Crippen LogP contribution < -0.4 is 5.46 Å². The fourth-order valence-corrected chi connectivity index (χ4v) is 6.11. The molecule has 2 aromatic carbocycles. The lowest BCUT2D eigenvalue weighted by Gasteiger charge is -2.37. The van der Waals surface area contributed by atoms with Crippen molar-refractivity contribution in [2.45, 2.75) is 148 Å². The third-order valence-electron chi connectivity index (χ3n) is 9.32. The van der Waals surface area contributed by atoms with E-state index >= 15 is 0 Å². The number of fused-ring (bicyclic) bond motifs is 3. The van der Waals surface area contributed by atoms with Crippen molar-refractivity contribution in [2.75, 3.05) is 0 Å². The average Bonchev–Trinajstić information content (AvgIpc) is 3.16. The predicted molar refractivity (Wildman–Crippen MR) is 167 cm³/mol. The summed E-state index contributed by atoms with van der Waals surface area (Å²) in [6.45, 7) is 12.2. The lowest BCUT2D eigenvalue weighted by molar-refractivity contribution is -0.0893. The van der Waals surface area contributed by atoms with Crippen molar-refractivity contribution < 1.29 is 9.76 Å². The van der Waals surface area contributed by atoms with Crippen molar-refractivity contribution in [3.05, 3.63) is 53.6 Å². The Bertz CT molecular complexity index is 972. The Morgan fingerprint density at radius 1 is 0.684 bits per heavy atom. The first-order valence-electron chi connectivity index (χ1n) is 15.8. The fraction of sp³-hybridized carbons (Fsp3) is 0.657. The Kier molecular flexibility index (Phi) is 11.5. The largest absolute Gasteiger partial charge is 0.427 e. The number of hydrogen-bond acceptors (Lipinski definition) is 2. The Balaban J connectivity index is 1.89. The molecule has 0 saturated heterocycles. The van der Waals surface area contributed by atoms with E-state index in [1.807, 2.05) is 27.7 Å². The summed E-state index contributed by atoms with van der Waals surface area (Å²) in [4.78, 5) is 0. The summed E-state index contributed by atoms with van der Waals surface area (Å²) in [7, 11) is 0.519. The van der Waals surface area contributed by atoms with E-state index in [0.29, 0.717) is 7.48 Å². The van der Waals surface area contributed by atoms with Gasteiger partial charge >= 0.3 is 7.48 Å². The minimum Gasteiger partial charge on any atom is -0.427 e. The molecule has 0 atom stereocenters. The first kappa shape index (κ1) is 31.0. The summed E-state index contributed by atoms with van der Waals surface area (Å²) in [5.74, 6) is 0. The lowest BCUT2D eigenvalue weighted by Crippen LogP contribution is -2.49. The van der Waals surface area contributed by atoms with Gasteiger partial charge in [-0.3, -0.25) is 0 Å². The van der Waals surface area contributed by atoms with E-state index in [-0.39, 0.29) is 5.41 Å². The van der Waals surface area contributed by atoms with Gasteiger partial charge in [-0.05, 0) is 62.8 Å². The van der Waals surface area contributed by atoms with Gasteiger partial charge < -0.3 is 9.76 Å². The van der Waals surface area contributed by atoms with Crippen LogP contribution in [0, 0.1) is 0 Å². The molecular formula is C35H55BO2. The van der Waals surface area contributed by atoms with Crippen molar-refractivity contribution in [3.8, 4) is 11.1 Å². The zero-order chi connectivity index (χ0) is 27.7. The standard InChI is InChI=1S/C35H55BO2/c1-7-9-11-13-15-19-25-35(26-20-16-14-12-10-8-2)31-22-18-17-21-29(31)30-24-23-28(27-32(30)35)36-38-34(5,6)33(3,4)37/h17-18,21-24,27,36-37H,7-16,19-20,25-26H2,1-6H3. The average molecular weight is 519 g/mol. The van der Waals surface area contributed by atoms with Gasteiger partial charge in [-0.1, -0.05) is 139 Å². The molecule has 2 nitrogen and oxygen atoms in total. The molecular weight excluding hydrogens is 463 g/mol. The molecule has 0 unspecified atom stereocenters. The predicted octanol–water partition coefficient (Wildman–Crippen LogP) is 9.00. The Morgan fingerprint density at radius 2 is 1.21 bits per heavy atom. The molecule has 0 aromatic heterocycles. The van der Waals surface area contributed by atoms with Crippen molar-refractivity contribution in [3.63, 3.8) is 0 Å². The Labute approximate surface area is 235 Å². The van der Waals surface area contributed by atoms with Gasteiger partial charge in [0, 0.05) is 5.41 Å². The van der Waals surface area contributed by atoms with Crippen LogP contribution >= 0.6 is 0 Å². The van der Waals surface area contributed by atoms with Crippen molar-refractivity contribution in [1.82, 2.24) is 0 Å². The van der Waals surface area contributed by atoms with Gasteiger partial charge in [-0.25, -0.2) is 0 Å². The zero-order valence-electron chi connectivity index (χ0n) is 25.5. The van der Waals surface area contributed by atoms with Crippen LogP contribution in [0.15, 0.2) is 42.5 Å². The number of aliphatic hydroxyl groups is 1. The Morgan fingerprint density at radius 3 is 1.79 bits per heavy atom. The molecule has 1 aliphatic rings. The van der Waals surface area contributed by atoms with Crippen LogP contribution in [-0.2, 0) is 10.1 Å². The fourth-order valence-electron chi connectivity index (χ4n) is 6.11. The van der Waals surface area contributed by atoms with Crippen LogP contribution in [0.1, 0.15) is 143 Å². The lowest BCUT2D eigenvalue weighted by atomic mass is 9.69. The van der Waals surface area contributed by atoms with Crippen molar-refractivity contribution in [1.29, 1.82) is 0 Å². The molecule has 210 valence electrons. The molecule has 0 aliphatic heterocycles. The summed E-state index contributed by atoms with van der Waals surface area (Å²) in [5.41, 5.74) is 5.71. The second-order valence-corrected chi connectivity index (χ2v) is 12.9. The molecule has 0 amide bonds. The molecule has 3 rings (SSSR count). The molecule has 0 spiro atoms. The monoisotopic (exact) mass is 518 g/mol. The van der Waals surface area contributed by atoms with Gasteiger partial charge in [0.25, 0.3) is 0 Å². The second kappa shape index (κ2) is 14.2. The molecule has 0 radical (unpaired) electrons. The van der Waals surface area contributed by atoms with E-state index in [4.69, 9.17) is 4.65 Å². The van der Waals surface area contributed by atoms with E-state index in [2.05, 4.69) is 56.3 Å². The molecule has 0 heterocycles. The van der Waals surface area contributed by atoms with Crippen LogP contribution in [0.3, 0.4) is 0 Å². The van der Waals surface area contributed by atoms with E-state index < -0.39 is 11.2 Å². The smallest absolute Gasteiger partial charge is 0.309 e. The topological polar surface area (TPSA) is 29.5 Å². The quantitative estimate of drug-likeness (QED) is 0.158. The molecule has 0 saturated carbocycles. The number of rotatable bonds is 18. The van der Waals surface area contributed by atoms with Gasteiger partial charge in [0.1, 0.15) is 0 Å².